The number of carbonyl (C=O) groups is 1. The minimum absolute atomic E-state index is 0.243. The van der Waals surface area contributed by atoms with E-state index in [1.54, 1.807) is 35.1 Å². The van der Waals surface area contributed by atoms with Crippen molar-refractivity contribution in [1.82, 2.24) is 14.8 Å². The molecular formula is C15H12Cl2N4OS. The summed E-state index contributed by atoms with van der Waals surface area (Å²) < 4.78 is 1.62. The molecule has 3 aromatic rings. The molecule has 1 amide bonds. The van der Waals surface area contributed by atoms with Gasteiger partial charge in [-0.25, -0.2) is 4.98 Å². The van der Waals surface area contributed by atoms with Gasteiger partial charge >= 0.3 is 0 Å². The van der Waals surface area contributed by atoms with Gasteiger partial charge in [-0.3, -0.25) is 14.8 Å². The Morgan fingerprint density at radius 1 is 1.35 bits per heavy atom. The molecule has 1 N–H and O–H groups in total. The van der Waals surface area contributed by atoms with E-state index in [1.807, 2.05) is 12.3 Å². The molecule has 0 saturated heterocycles. The molecule has 0 unspecified atom stereocenters. The molecule has 5 nitrogen and oxygen atoms in total. The quantitative estimate of drug-likeness (QED) is 0.734. The Hall–Kier alpha value is -1.89. The molecular weight excluding hydrogens is 355 g/mol. The summed E-state index contributed by atoms with van der Waals surface area (Å²) in [7, 11) is 0. The summed E-state index contributed by atoms with van der Waals surface area (Å²) in [6.07, 6.45) is 1.60. The summed E-state index contributed by atoms with van der Waals surface area (Å²) in [5, 5.41) is 10.3. The smallest absolute Gasteiger partial charge is 0.275 e. The van der Waals surface area contributed by atoms with Crippen LogP contribution in [0.15, 0.2) is 35.8 Å². The zero-order valence-corrected chi connectivity index (χ0v) is 14.4. The summed E-state index contributed by atoms with van der Waals surface area (Å²) in [5.41, 5.74) is 1.95. The van der Waals surface area contributed by atoms with Crippen LogP contribution in [0.4, 0.5) is 5.13 Å². The lowest BCUT2D eigenvalue weighted by molar-refractivity contribution is 0.101. The number of amides is 1. The summed E-state index contributed by atoms with van der Waals surface area (Å²) in [5.74, 6) is -0.243. The van der Waals surface area contributed by atoms with Crippen molar-refractivity contribution >= 4 is 45.6 Å². The molecule has 0 aliphatic carbocycles. The molecule has 118 valence electrons. The Morgan fingerprint density at radius 2 is 2.17 bits per heavy atom. The Labute approximate surface area is 146 Å². The van der Waals surface area contributed by atoms with Crippen LogP contribution in [-0.4, -0.2) is 20.7 Å². The number of halogens is 2. The van der Waals surface area contributed by atoms with Crippen LogP contribution in [0.5, 0.6) is 0 Å². The second-order valence-corrected chi connectivity index (χ2v) is 6.35. The number of benzene rings is 1. The van der Waals surface area contributed by atoms with E-state index in [2.05, 4.69) is 15.4 Å². The van der Waals surface area contributed by atoms with Gasteiger partial charge in [0, 0.05) is 28.7 Å². The molecule has 23 heavy (non-hydrogen) atoms. The van der Waals surface area contributed by atoms with Crippen LogP contribution in [0.3, 0.4) is 0 Å². The molecule has 2 aromatic heterocycles. The van der Waals surface area contributed by atoms with E-state index in [9.17, 15) is 4.79 Å². The van der Waals surface area contributed by atoms with Crippen molar-refractivity contribution in [2.24, 2.45) is 0 Å². The molecule has 0 aliphatic heterocycles. The van der Waals surface area contributed by atoms with Crippen molar-refractivity contribution in [2.45, 2.75) is 13.5 Å². The number of rotatable bonds is 4. The molecule has 2 heterocycles. The number of hydrogen-bond donors (Lipinski definition) is 1. The highest BCUT2D eigenvalue weighted by molar-refractivity contribution is 7.14. The van der Waals surface area contributed by atoms with Crippen LogP contribution in [0.2, 0.25) is 10.0 Å². The van der Waals surface area contributed by atoms with E-state index in [1.165, 1.54) is 11.3 Å². The number of nitrogens with zero attached hydrogens (tertiary/aromatic N) is 3. The van der Waals surface area contributed by atoms with Crippen LogP contribution in [-0.2, 0) is 6.54 Å². The van der Waals surface area contributed by atoms with Crippen molar-refractivity contribution in [3.8, 4) is 11.3 Å². The molecule has 8 heteroatoms. The lowest BCUT2D eigenvalue weighted by Gasteiger charge is -2.04. The van der Waals surface area contributed by atoms with E-state index in [4.69, 9.17) is 23.2 Å². The molecule has 1 aromatic carbocycles. The average Bonchev–Trinajstić information content (AvgIpc) is 3.15. The third-order valence-electron chi connectivity index (χ3n) is 3.18. The first-order valence-corrected chi connectivity index (χ1v) is 8.46. The number of thiazole rings is 1. The van der Waals surface area contributed by atoms with Gasteiger partial charge in [0.1, 0.15) is 5.69 Å². The van der Waals surface area contributed by atoms with Gasteiger partial charge in [-0.05, 0) is 31.2 Å². The van der Waals surface area contributed by atoms with Crippen LogP contribution >= 0.6 is 34.5 Å². The SMILES string of the molecule is CCn1nccc1C(=O)Nc1nc(-c2ccc(Cl)cc2Cl)cs1. The van der Waals surface area contributed by atoms with E-state index in [0.717, 1.165) is 5.56 Å². The fourth-order valence-corrected chi connectivity index (χ4v) is 3.30. The van der Waals surface area contributed by atoms with Crippen molar-refractivity contribution in [1.29, 1.82) is 0 Å². The van der Waals surface area contributed by atoms with Gasteiger partial charge in [-0.15, -0.1) is 11.3 Å². The van der Waals surface area contributed by atoms with Crippen LogP contribution in [0.1, 0.15) is 17.4 Å². The lowest BCUT2D eigenvalue weighted by atomic mass is 10.2. The van der Waals surface area contributed by atoms with Crippen molar-refractivity contribution in [3.63, 3.8) is 0 Å². The Kier molecular flexibility index (Phi) is 4.66. The molecule has 0 aliphatic rings. The fourth-order valence-electron chi connectivity index (χ4n) is 2.09. The number of hydrogen-bond acceptors (Lipinski definition) is 4. The largest absolute Gasteiger partial charge is 0.296 e. The van der Waals surface area contributed by atoms with Crippen LogP contribution < -0.4 is 5.32 Å². The predicted octanol–water partition coefficient (Wildman–Crippen LogP) is 4.59. The molecule has 0 radical (unpaired) electrons. The summed E-state index contributed by atoms with van der Waals surface area (Å²) in [6.45, 7) is 2.55. The number of nitrogens with one attached hydrogen (secondary N) is 1. The minimum Gasteiger partial charge on any atom is -0.296 e. The average molecular weight is 367 g/mol. The van der Waals surface area contributed by atoms with Gasteiger partial charge in [0.05, 0.1) is 10.7 Å². The normalized spacial score (nSPS) is 10.7. The highest BCUT2D eigenvalue weighted by Crippen LogP contribution is 2.32. The second-order valence-electron chi connectivity index (χ2n) is 4.65. The van der Waals surface area contributed by atoms with Crippen molar-refractivity contribution < 1.29 is 4.79 Å². The predicted molar refractivity (Wildman–Crippen MR) is 93.4 cm³/mol. The maximum absolute atomic E-state index is 12.3. The van der Waals surface area contributed by atoms with Gasteiger partial charge in [-0.1, -0.05) is 23.2 Å². The number of anilines is 1. The topological polar surface area (TPSA) is 59.8 Å². The van der Waals surface area contributed by atoms with Crippen molar-refractivity contribution in [2.75, 3.05) is 5.32 Å². The minimum atomic E-state index is -0.243. The first kappa shape index (κ1) is 16.0. The van der Waals surface area contributed by atoms with Gasteiger partial charge in [-0.2, -0.15) is 5.10 Å². The fraction of sp³-hybridized carbons (Fsp3) is 0.133. The molecule has 0 atom stereocenters. The zero-order chi connectivity index (χ0) is 16.4. The second kappa shape index (κ2) is 6.70. The van der Waals surface area contributed by atoms with E-state index in [0.29, 0.717) is 33.1 Å². The maximum Gasteiger partial charge on any atom is 0.275 e. The summed E-state index contributed by atoms with van der Waals surface area (Å²) in [4.78, 5) is 16.7. The van der Waals surface area contributed by atoms with Crippen LogP contribution in [0.25, 0.3) is 11.3 Å². The van der Waals surface area contributed by atoms with E-state index >= 15 is 0 Å². The maximum atomic E-state index is 12.3. The van der Waals surface area contributed by atoms with Gasteiger partial charge in [0.15, 0.2) is 5.13 Å². The standard InChI is InChI=1S/C15H12Cl2N4OS/c1-2-21-13(5-6-18-21)14(22)20-15-19-12(8-23-15)10-4-3-9(16)7-11(10)17/h3-8H,2H2,1H3,(H,19,20,22). The monoisotopic (exact) mass is 366 g/mol. The molecule has 0 fully saturated rings. The Bertz CT molecular complexity index is 859. The third-order valence-corrected chi connectivity index (χ3v) is 4.49. The van der Waals surface area contributed by atoms with Gasteiger partial charge in [0.2, 0.25) is 0 Å². The number of carbonyl (C=O) groups excluding carboxylic acids is 1. The Balaban J connectivity index is 1.81. The highest BCUT2D eigenvalue weighted by atomic mass is 35.5. The van der Waals surface area contributed by atoms with Gasteiger partial charge < -0.3 is 0 Å². The highest BCUT2D eigenvalue weighted by Gasteiger charge is 2.14. The number of aromatic nitrogens is 3. The van der Waals surface area contributed by atoms with Crippen LogP contribution in [0, 0.1) is 0 Å². The molecule has 3 rings (SSSR count). The third kappa shape index (κ3) is 3.39. The first-order chi connectivity index (χ1) is 11.1. The van der Waals surface area contributed by atoms with Crippen molar-refractivity contribution in [3.05, 3.63) is 51.6 Å². The first-order valence-electron chi connectivity index (χ1n) is 6.82. The van der Waals surface area contributed by atoms with E-state index < -0.39 is 0 Å². The van der Waals surface area contributed by atoms with Gasteiger partial charge in [0.25, 0.3) is 5.91 Å². The number of aryl methyl sites for hydroxylation is 1. The Morgan fingerprint density at radius 3 is 2.91 bits per heavy atom. The lowest BCUT2D eigenvalue weighted by Crippen LogP contribution is -2.17. The zero-order valence-electron chi connectivity index (χ0n) is 12.1. The molecule has 0 saturated carbocycles. The summed E-state index contributed by atoms with van der Waals surface area (Å²) in [6, 6.07) is 6.89. The molecule has 0 spiro atoms. The molecule has 0 bridgehead atoms. The summed E-state index contributed by atoms with van der Waals surface area (Å²) >= 11 is 13.4. The van der Waals surface area contributed by atoms with E-state index in [-0.39, 0.29) is 5.91 Å².